The highest BCUT2D eigenvalue weighted by Crippen LogP contribution is 2.41. The zero-order valence-electron chi connectivity index (χ0n) is 17.3. The highest BCUT2D eigenvalue weighted by molar-refractivity contribution is 7.19. The van der Waals surface area contributed by atoms with Gasteiger partial charge in [-0.25, -0.2) is 9.97 Å². The molecule has 0 unspecified atom stereocenters. The first kappa shape index (κ1) is 19.6. The number of nitrogens with zero attached hydrogens (tertiary/aromatic N) is 3. The molecule has 0 bridgehead atoms. The van der Waals surface area contributed by atoms with E-state index in [-0.39, 0.29) is 11.9 Å². The second-order valence-corrected chi connectivity index (χ2v) is 9.20. The van der Waals surface area contributed by atoms with Gasteiger partial charge in [0.15, 0.2) is 0 Å². The van der Waals surface area contributed by atoms with E-state index in [0.717, 1.165) is 50.4 Å². The zero-order valence-corrected chi connectivity index (χ0v) is 18.1. The topological polar surface area (TPSA) is 55.3 Å². The first-order valence-corrected chi connectivity index (χ1v) is 11.7. The number of rotatable bonds is 5. The molecule has 5 nitrogen and oxygen atoms in total. The second-order valence-electron chi connectivity index (χ2n) is 8.12. The Morgan fingerprint density at radius 1 is 1.21 bits per heavy atom. The summed E-state index contributed by atoms with van der Waals surface area (Å²) in [5.74, 6) is 2.43. The number of hydrogen-bond acceptors (Lipinski definition) is 6. The molecule has 28 heavy (non-hydrogen) atoms. The number of carbonyl (C=O) groups excluding carboxylic acids is 1. The number of ether oxygens (including phenoxy) is 1. The maximum Gasteiger partial charge on any atom is 0.309 e. The van der Waals surface area contributed by atoms with Gasteiger partial charge in [-0.2, -0.15) is 0 Å². The van der Waals surface area contributed by atoms with Crippen LogP contribution in [0.25, 0.3) is 10.2 Å². The summed E-state index contributed by atoms with van der Waals surface area (Å²) < 4.78 is 5.24. The van der Waals surface area contributed by atoms with Crippen molar-refractivity contribution >= 4 is 33.3 Å². The van der Waals surface area contributed by atoms with Crippen LogP contribution in [0.15, 0.2) is 0 Å². The molecule has 152 valence electrons. The Morgan fingerprint density at radius 3 is 2.68 bits per heavy atom. The minimum Gasteiger partial charge on any atom is -0.466 e. The molecule has 2 aromatic heterocycles. The average Bonchev–Trinajstić information content (AvgIpc) is 3.11. The molecular formula is C22H31N3O2S. The van der Waals surface area contributed by atoms with Crippen LogP contribution >= 0.6 is 11.3 Å². The molecule has 2 aromatic rings. The van der Waals surface area contributed by atoms with Crippen LogP contribution < -0.4 is 4.90 Å². The SMILES string of the molecule is CCOC(=O)C1CCN(c2nc([C@H](C)CC)nc3sc4c(c23)CCCC4)CC1. The standard InChI is InChI=1S/C22H31N3O2S/c1-4-14(3)19-23-20(25-12-10-15(11-13-25)22(26)27-5-2)18-16-8-6-7-9-17(16)28-21(18)24-19/h14-15H,4-13H2,1-3H3/t14-/m1/s1. The van der Waals surface area contributed by atoms with Crippen molar-refractivity contribution in [2.24, 2.45) is 5.92 Å². The lowest BCUT2D eigenvalue weighted by molar-refractivity contribution is -0.148. The molecule has 4 rings (SSSR count). The summed E-state index contributed by atoms with van der Waals surface area (Å²) in [4.78, 5) is 27.3. The van der Waals surface area contributed by atoms with E-state index < -0.39 is 0 Å². The Hall–Kier alpha value is -1.69. The summed E-state index contributed by atoms with van der Waals surface area (Å²) in [5.41, 5.74) is 1.49. The van der Waals surface area contributed by atoms with Gasteiger partial charge in [0.2, 0.25) is 0 Å². The van der Waals surface area contributed by atoms with E-state index in [9.17, 15) is 4.79 Å². The molecule has 1 atom stereocenters. The molecular weight excluding hydrogens is 370 g/mol. The van der Waals surface area contributed by atoms with E-state index >= 15 is 0 Å². The molecule has 1 fully saturated rings. The first-order chi connectivity index (χ1) is 13.6. The molecule has 0 N–H and O–H groups in total. The van der Waals surface area contributed by atoms with Crippen LogP contribution in [0.1, 0.15) is 75.1 Å². The smallest absolute Gasteiger partial charge is 0.309 e. The number of aromatic nitrogens is 2. The van der Waals surface area contributed by atoms with Gasteiger partial charge in [0.05, 0.1) is 17.9 Å². The number of hydrogen-bond donors (Lipinski definition) is 0. The Labute approximate surface area is 171 Å². The minimum atomic E-state index is -0.0387. The van der Waals surface area contributed by atoms with Crippen molar-refractivity contribution < 1.29 is 9.53 Å². The summed E-state index contributed by atoms with van der Waals surface area (Å²) in [6.45, 7) is 8.47. The van der Waals surface area contributed by atoms with Crippen LogP contribution in [0.4, 0.5) is 5.82 Å². The van der Waals surface area contributed by atoms with Crippen LogP contribution in [-0.4, -0.2) is 35.6 Å². The summed E-state index contributed by atoms with van der Waals surface area (Å²) in [6, 6.07) is 0. The van der Waals surface area contributed by atoms with Crippen molar-refractivity contribution in [2.75, 3.05) is 24.6 Å². The Bertz CT molecular complexity index is 855. The van der Waals surface area contributed by atoms with Crippen molar-refractivity contribution in [2.45, 2.75) is 71.6 Å². The van der Waals surface area contributed by atoms with Gasteiger partial charge >= 0.3 is 5.97 Å². The molecule has 3 heterocycles. The third kappa shape index (κ3) is 3.63. The molecule has 2 aliphatic rings. The Balaban J connectivity index is 1.69. The number of piperidine rings is 1. The van der Waals surface area contributed by atoms with E-state index in [1.54, 1.807) is 0 Å². The number of esters is 1. The number of aryl methyl sites for hydroxylation is 2. The van der Waals surface area contributed by atoms with Gasteiger partial charge in [0.1, 0.15) is 16.5 Å². The van der Waals surface area contributed by atoms with E-state index in [1.807, 2.05) is 18.3 Å². The van der Waals surface area contributed by atoms with Crippen LogP contribution in [0, 0.1) is 5.92 Å². The van der Waals surface area contributed by atoms with Crippen molar-refractivity contribution in [1.29, 1.82) is 0 Å². The van der Waals surface area contributed by atoms with Gasteiger partial charge in [0.25, 0.3) is 0 Å². The fourth-order valence-electron chi connectivity index (χ4n) is 4.37. The summed E-state index contributed by atoms with van der Waals surface area (Å²) in [5, 5.41) is 1.29. The predicted molar refractivity (Wildman–Crippen MR) is 114 cm³/mol. The molecule has 0 saturated carbocycles. The second kappa shape index (κ2) is 8.36. The fraction of sp³-hybridized carbons (Fsp3) is 0.682. The first-order valence-electron chi connectivity index (χ1n) is 10.9. The van der Waals surface area contributed by atoms with Gasteiger partial charge in [-0.1, -0.05) is 13.8 Å². The van der Waals surface area contributed by atoms with Crippen LogP contribution in [0.3, 0.4) is 0 Å². The number of thiophene rings is 1. The van der Waals surface area contributed by atoms with E-state index in [2.05, 4.69) is 18.7 Å². The zero-order chi connectivity index (χ0) is 19.7. The van der Waals surface area contributed by atoms with Crippen LogP contribution in [-0.2, 0) is 22.4 Å². The largest absolute Gasteiger partial charge is 0.466 e. The lowest BCUT2D eigenvalue weighted by Crippen LogP contribution is -2.37. The monoisotopic (exact) mass is 401 g/mol. The highest BCUT2D eigenvalue weighted by atomic mass is 32.1. The quantitative estimate of drug-likeness (QED) is 0.670. The van der Waals surface area contributed by atoms with E-state index in [4.69, 9.17) is 14.7 Å². The van der Waals surface area contributed by atoms with E-state index in [0.29, 0.717) is 12.5 Å². The molecule has 0 spiro atoms. The fourth-order valence-corrected chi connectivity index (χ4v) is 5.64. The molecule has 1 aliphatic carbocycles. The lowest BCUT2D eigenvalue weighted by Gasteiger charge is -2.32. The van der Waals surface area contributed by atoms with Crippen LogP contribution in [0.2, 0.25) is 0 Å². The summed E-state index contributed by atoms with van der Waals surface area (Å²) in [6.07, 6.45) is 7.60. The number of carbonyl (C=O) groups is 1. The minimum absolute atomic E-state index is 0.0268. The summed E-state index contributed by atoms with van der Waals surface area (Å²) >= 11 is 1.88. The molecule has 0 radical (unpaired) electrons. The Kier molecular flexibility index (Phi) is 5.85. The van der Waals surface area contributed by atoms with Crippen molar-refractivity contribution in [3.63, 3.8) is 0 Å². The molecule has 1 aliphatic heterocycles. The number of fused-ring (bicyclic) bond motifs is 3. The number of anilines is 1. The maximum absolute atomic E-state index is 12.1. The average molecular weight is 402 g/mol. The maximum atomic E-state index is 12.1. The van der Waals surface area contributed by atoms with Crippen molar-refractivity contribution in [1.82, 2.24) is 9.97 Å². The molecule has 1 saturated heterocycles. The van der Waals surface area contributed by atoms with E-state index in [1.165, 1.54) is 39.9 Å². The van der Waals surface area contributed by atoms with Gasteiger partial charge < -0.3 is 9.64 Å². The highest BCUT2D eigenvalue weighted by Gasteiger charge is 2.30. The van der Waals surface area contributed by atoms with Crippen molar-refractivity contribution in [3.05, 3.63) is 16.3 Å². The molecule has 6 heteroatoms. The van der Waals surface area contributed by atoms with Gasteiger partial charge in [-0.05, 0) is 57.4 Å². The van der Waals surface area contributed by atoms with Gasteiger partial charge in [0, 0.05) is 23.9 Å². The Morgan fingerprint density at radius 2 is 1.96 bits per heavy atom. The predicted octanol–water partition coefficient (Wildman–Crippen LogP) is 4.86. The normalized spacial score (nSPS) is 18.9. The summed E-state index contributed by atoms with van der Waals surface area (Å²) in [7, 11) is 0. The van der Waals surface area contributed by atoms with Gasteiger partial charge in [-0.3, -0.25) is 4.79 Å². The third-order valence-corrected chi connectivity index (χ3v) is 7.47. The van der Waals surface area contributed by atoms with Crippen molar-refractivity contribution in [3.8, 4) is 0 Å². The molecule has 0 aromatic carbocycles. The third-order valence-electron chi connectivity index (χ3n) is 6.28. The van der Waals surface area contributed by atoms with Crippen LogP contribution in [0.5, 0.6) is 0 Å². The lowest BCUT2D eigenvalue weighted by atomic mass is 9.95. The van der Waals surface area contributed by atoms with Gasteiger partial charge in [-0.15, -0.1) is 11.3 Å². The molecule has 0 amide bonds.